The zero-order valence-corrected chi connectivity index (χ0v) is 15.6. The first-order chi connectivity index (χ1) is 11.3. The lowest BCUT2D eigenvalue weighted by atomic mass is 10.1. The third-order valence-electron chi connectivity index (χ3n) is 3.63. The van der Waals surface area contributed by atoms with Crippen LogP contribution in [0, 0.1) is 11.8 Å². The molecule has 24 heavy (non-hydrogen) atoms. The highest BCUT2D eigenvalue weighted by atomic mass is 32.2. The molecule has 0 aromatic carbocycles. The van der Waals surface area contributed by atoms with Gasteiger partial charge in [-0.2, -0.15) is 4.31 Å². The van der Waals surface area contributed by atoms with Crippen molar-refractivity contribution in [2.75, 3.05) is 19.3 Å². The van der Waals surface area contributed by atoms with E-state index in [-0.39, 0.29) is 19.1 Å². The Morgan fingerprint density at radius 2 is 1.79 bits per heavy atom. The molecule has 1 atom stereocenters. The van der Waals surface area contributed by atoms with E-state index in [1.54, 1.807) is 0 Å². The van der Waals surface area contributed by atoms with Crippen LogP contribution in [-0.4, -0.2) is 54.4 Å². The Balaban J connectivity index is 4.16. The van der Waals surface area contributed by atoms with Crippen LogP contribution in [0.15, 0.2) is 0 Å². The normalized spacial score (nSPS) is 12.7. The average Bonchev–Trinajstić information content (AvgIpc) is 2.47. The molecular formula is C17H31NO5S. The van der Waals surface area contributed by atoms with Crippen LogP contribution in [0.2, 0.25) is 0 Å². The first kappa shape index (κ1) is 22.9. The van der Waals surface area contributed by atoms with E-state index in [0.717, 1.165) is 31.9 Å². The number of aliphatic hydroxyl groups excluding tert-OH is 1. The smallest absolute Gasteiger partial charge is 0.303 e. The monoisotopic (exact) mass is 361 g/mol. The Kier molecular flexibility index (Phi) is 12.6. The fourth-order valence-corrected chi connectivity index (χ4v) is 2.96. The van der Waals surface area contributed by atoms with E-state index in [1.165, 1.54) is 4.31 Å². The number of carboxylic acid groups (broad SMARTS) is 1. The predicted octanol–water partition coefficient (Wildman–Crippen LogP) is 2.23. The van der Waals surface area contributed by atoms with Gasteiger partial charge in [-0.25, -0.2) is 8.42 Å². The van der Waals surface area contributed by atoms with Crippen molar-refractivity contribution in [1.82, 2.24) is 4.31 Å². The summed E-state index contributed by atoms with van der Waals surface area (Å²) in [4.78, 5) is 10.4. The van der Waals surface area contributed by atoms with Gasteiger partial charge in [0.1, 0.15) is 0 Å². The average molecular weight is 362 g/mol. The van der Waals surface area contributed by atoms with Gasteiger partial charge in [-0.05, 0) is 25.7 Å². The van der Waals surface area contributed by atoms with Crippen LogP contribution < -0.4 is 0 Å². The van der Waals surface area contributed by atoms with Crippen molar-refractivity contribution >= 4 is 16.0 Å². The number of nitrogens with zero attached hydrogens (tertiary/aromatic N) is 1. The number of hydrogen-bond acceptors (Lipinski definition) is 4. The van der Waals surface area contributed by atoms with Crippen LogP contribution in [0.5, 0.6) is 0 Å². The third kappa shape index (κ3) is 13.3. The minimum absolute atomic E-state index is 0.0698. The van der Waals surface area contributed by atoms with Crippen LogP contribution in [0.3, 0.4) is 0 Å². The van der Waals surface area contributed by atoms with Gasteiger partial charge < -0.3 is 10.2 Å². The van der Waals surface area contributed by atoms with Gasteiger partial charge in [0.15, 0.2) is 0 Å². The summed E-state index contributed by atoms with van der Waals surface area (Å²) in [5, 5.41) is 18.4. The number of hydrogen-bond donors (Lipinski definition) is 2. The van der Waals surface area contributed by atoms with Crippen molar-refractivity contribution in [3.8, 4) is 11.8 Å². The molecule has 0 bridgehead atoms. The third-order valence-corrected chi connectivity index (χ3v) is 4.88. The quantitative estimate of drug-likeness (QED) is 0.387. The van der Waals surface area contributed by atoms with Crippen molar-refractivity contribution in [2.45, 2.75) is 70.8 Å². The first-order valence-electron chi connectivity index (χ1n) is 8.58. The Bertz CT molecular complexity index is 507. The van der Waals surface area contributed by atoms with Crippen LogP contribution >= 0.6 is 0 Å². The van der Waals surface area contributed by atoms with E-state index in [9.17, 15) is 18.3 Å². The van der Waals surface area contributed by atoms with Crippen molar-refractivity contribution in [3.63, 3.8) is 0 Å². The van der Waals surface area contributed by atoms with Crippen molar-refractivity contribution in [3.05, 3.63) is 0 Å². The molecule has 140 valence electrons. The fraction of sp³-hybridized carbons (Fsp3) is 0.824. The zero-order chi connectivity index (χ0) is 18.4. The van der Waals surface area contributed by atoms with Crippen LogP contribution in [0.4, 0.5) is 0 Å². The van der Waals surface area contributed by atoms with Gasteiger partial charge in [0.25, 0.3) is 0 Å². The molecule has 0 amide bonds. The molecule has 0 fully saturated rings. The van der Waals surface area contributed by atoms with E-state index < -0.39 is 16.0 Å². The number of aliphatic hydroxyl groups is 1. The van der Waals surface area contributed by atoms with E-state index >= 15 is 0 Å². The summed E-state index contributed by atoms with van der Waals surface area (Å²) in [5.74, 6) is 4.74. The maximum Gasteiger partial charge on any atom is 0.303 e. The minimum atomic E-state index is -3.33. The summed E-state index contributed by atoms with van der Waals surface area (Å²) in [6.45, 7) is 2.56. The second-order valence-corrected chi connectivity index (χ2v) is 7.97. The lowest BCUT2D eigenvalue weighted by Gasteiger charge is -2.18. The second-order valence-electron chi connectivity index (χ2n) is 5.99. The standard InChI is InChI=1S/C17H31NO5S/c1-3-4-7-11-16(19)12-10-15-18(24(2,22)23)14-9-6-5-8-13-17(20)21/h16,19H,3-5,7-8,10-15H2,1-2H3,(H,20,21)/t16-/m0/s1. The molecule has 0 spiro atoms. The summed E-state index contributed by atoms with van der Waals surface area (Å²) in [6, 6.07) is 0. The van der Waals surface area contributed by atoms with Gasteiger partial charge >= 0.3 is 5.97 Å². The van der Waals surface area contributed by atoms with Crippen molar-refractivity contribution < 1.29 is 23.4 Å². The van der Waals surface area contributed by atoms with Crippen LogP contribution in [0.1, 0.15) is 64.7 Å². The minimum Gasteiger partial charge on any atom is -0.481 e. The highest BCUT2D eigenvalue weighted by molar-refractivity contribution is 7.88. The fourth-order valence-electron chi connectivity index (χ4n) is 2.20. The number of carboxylic acids is 1. The van der Waals surface area contributed by atoms with E-state index in [0.29, 0.717) is 32.2 Å². The van der Waals surface area contributed by atoms with Gasteiger partial charge in [-0.15, -0.1) is 5.92 Å². The SMILES string of the molecule is CCCCC[C@H](O)CCCN(CC#CCCCC(=O)O)S(C)(=O)=O. The predicted molar refractivity (Wildman–Crippen MR) is 95.1 cm³/mol. The Labute approximate surface area is 146 Å². The molecule has 0 aliphatic carbocycles. The second kappa shape index (κ2) is 13.2. The molecule has 0 radical (unpaired) electrons. The maximum absolute atomic E-state index is 11.7. The van der Waals surface area contributed by atoms with Gasteiger partial charge in [-0.3, -0.25) is 4.79 Å². The van der Waals surface area contributed by atoms with Gasteiger partial charge in [-0.1, -0.05) is 32.1 Å². The summed E-state index contributed by atoms with van der Waals surface area (Å²) < 4.78 is 24.8. The zero-order valence-electron chi connectivity index (χ0n) is 14.8. The topological polar surface area (TPSA) is 94.9 Å². The Morgan fingerprint density at radius 3 is 2.38 bits per heavy atom. The summed E-state index contributed by atoms with van der Waals surface area (Å²) >= 11 is 0. The van der Waals surface area contributed by atoms with E-state index in [2.05, 4.69) is 18.8 Å². The highest BCUT2D eigenvalue weighted by Gasteiger charge is 2.15. The molecule has 0 rings (SSSR count). The molecule has 0 saturated heterocycles. The summed E-state index contributed by atoms with van der Waals surface area (Å²) in [6.07, 6.45) is 6.90. The number of unbranched alkanes of at least 4 members (excludes halogenated alkanes) is 3. The van der Waals surface area contributed by atoms with Crippen molar-refractivity contribution in [1.29, 1.82) is 0 Å². The van der Waals surface area contributed by atoms with Gasteiger partial charge in [0, 0.05) is 19.4 Å². The van der Waals surface area contributed by atoms with Crippen molar-refractivity contribution in [2.24, 2.45) is 0 Å². The molecule has 0 aliphatic heterocycles. The van der Waals surface area contributed by atoms with Crippen LogP contribution in [0.25, 0.3) is 0 Å². The lowest BCUT2D eigenvalue weighted by molar-refractivity contribution is -0.137. The largest absolute Gasteiger partial charge is 0.481 e. The number of rotatable bonds is 13. The Morgan fingerprint density at radius 1 is 1.12 bits per heavy atom. The number of sulfonamides is 1. The molecule has 0 heterocycles. The molecule has 2 N–H and O–H groups in total. The van der Waals surface area contributed by atoms with Gasteiger partial charge in [0.05, 0.1) is 18.9 Å². The number of aliphatic carboxylic acids is 1. The molecule has 0 saturated carbocycles. The molecule has 0 aliphatic rings. The molecule has 6 nitrogen and oxygen atoms in total. The molecule has 0 aromatic rings. The highest BCUT2D eigenvalue weighted by Crippen LogP contribution is 2.10. The van der Waals surface area contributed by atoms with E-state index in [4.69, 9.17) is 5.11 Å². The molecule has 0 aromatic heterocycles. The lowest BCUT2D eigenvalue weighted by Crippen LogP contribution is -2.31. The molecule has 7 heteroatoms. The molecular weight excluding hydrogens is 330 g/mol. The maximum atomic E-state index is 11.7. The van der Waals surface area contributed by atoms with Gasteiger partial charge in [0.2, 0.25) is 10.0 Å². The number of carbonyl (C=O) groups is 1. The summed E-state index contributed by atoms with van der Waals surface area (Å²) in [5.41, 5.74) is 0. The summed E-state index contributed by atoms with van der Waals surface area (Å²) in [7, 11) is -3.33. The molecule has 0 unspecified atom stereocenters. The Hall–Kier alpha value is -1.10. The first-order valence-corrected chi connectivity index (χ1v) is 10.4. The van der Waals surface area contributed by atoms with Crippen LogP contribution in [-0.2, 0) is 14.8 Å². The van der Waals surface area contributed by atoms with E-state index in [1.807, 2.05) is 0 Å².